The van der Waals surface area contributed by atoms with E-state index in [1.165, 1.54) is 0 Å². The summed E-state index contributed by atoms with van der Waals surface area (Å²) >= 11 is 0. The van der Waals surface area contributed by atoms with Crippen LogP contribution in [0.3, 0.4) is 0 Å². The van der Waals surface area contributed by atoms with E-state index in [0.29, 0.717) is 5.56 Å². The zero-order valence-corrected chi connectivity index (χ0v) is 10.6. The number of aromatic nitrogens is 1. The molecule has 17 heavy (non-hydrogen) atoms. The lowest BCUT2D eigenvalue weighted by Crippen LogP contribution is -2.29. The number of pyridine rings is 1. The molecular formula is C14H17NO2. The molecule has 1 aromatic carbocycles. The van der Waals surface area contributed by atoms with Crippen LogP contribution in [0.1, 0.15) is 26.3 Å². The predicted octanol–water partition coefficient (Wildman–Crippen LogP) is 2.54. The van der Waals surface area contributed by atoms with Crippen molar-refractivity contribution in [3.8, 4) is 5.75 Å². The van der Waals surface area contributed by atoms with Gasteiger partial charge in [0.2, 0.25) is 0 Å². The van der Waals surface area contributed by atoms with Crippen LogP contribution in [-0.2, 0) is 12.5 Å². The zero-order valence-electron chi connectivity index (χ0n) is 10.6. The van der Waals surface area contributed by atoms with Gasteiger partial charge in [0.15, 0.2) is 0 Å². The molecule has 0 spiro atoms. The molecule has 0 amide bonds. The molecule has 0 radical (unpaired) electrons. The Hall–Kier alpha value is -1.77. The van der Waals surface area contributed by atoms with Crippen LogP contribution in [0.5, 0.6) is 5.75 Å². The third-order valence-corrected chi connectivity index (χ3v) is 3.03. The van der Waals surface area contributed by atoms with Crippen LogP contribution >= 0.6 is 0 Å². The highest BCUT2D eigenvalue weighted by Gasteiger charge is 2.25. The first-order valence-electron chi connectivity index (χ1n) is 5.65. The predicted molar refractivity (Wildman–Crippen MR) is 69.6 cm³/mol. The summed E-state index contributed by atoms with van der Waals surface area (Å²) in [7, 11) is 1.74. The normalized spacial score (nSPS) is 12.0. The molecule has 90 valence electrons. The Morgan fingerprint density at radius 2 is 1.76 bits per heavy atom. The minimum absolute atomic E-state index is 0.108. The highest BCUT2D eigenvalue weighted by molar-refractivity contribution is 5.86. The summed E-state index contributed by atoms with van der Waals surface area (Å²) in [5, 5.41) is 11.0. The van der Waals surface area contributed by atoms with Crippen LogP contribution in [0.15, 0.2) is 29.1 Å². The monoisotopic (exact) mass is 231 g/mol. The van der Waals surface area contributed by atoms with E-state index in [-0.39, 0.29) is 16.7 Å². The van der Waals surface area contributed by atoms with Gasteiger partial charge in [-0.25, -0.2) is 0 Å². The zero-order chi connectivity index (χ0) is 12.8. The maximum atomic E-state index is 12.3. The smallest absolute Gasteiger partial charge is 0.258 e. The van der Waals surface area contributed by atoms with Crippen molar-refractivity contribution >= 4 is 10.9 Å². The Bertz CT molecular complexity index is 633. The van der Waals surface area contributed by atoms with Crippen molar-refractivity contribution in [2.45, 2.75) is 26.2 Å². The van der Waals surface area contributed by atoms with Crippen molar-refractivity contribution in [2.75, 3.05) is 0 Å². The fourth-order valence-electron chi connectivity index (χ4n) is 2.16. The second-order valence-electron chi connectivity index (χ2n) is 5.35. The molecule has 0 atom stereocenters. The number of para-hydroxylation sites is 1. The first kappa shape index (κ1) is 11.7. The van der Waals surface area contributed by atoms with Gasteiger partial charge in [-0.15, -0.1) is 0 Å². The molecule has 0 aliphatic heterocycles. The van der Waals surface area contributed by atoms with Gasteiger partial charge in [-0.3, -0.25) is 4.79 Å². The topological polar surface area (TPSA) is 42.2 Å². The van der Waals surface area contributed by atoms with E-state index < -0.39 is 0 Å². The number of nitrogens with zero attached hydrogens (tertiary/aromatic N) is 1. The van der Waals surface area contributed by atoms with Crippen LogP contribution in [0.2, 0.25) is 0 Å². The Kier molecular flexibility index (Phi) is 2.49. The van der Waals surface area contributed by atoms with Crippen LogP contribution in [0, 0.1) is 0 Å². The maximum Gasteiger partial charge on any atom is 0.258 e. The molecule has 0 bridgehead atoms. The number of fused-ring (bicyclic) bond motifs is 1. The molecule has 1 aromatic heterocycles. The molecule has 0 unspecified atom stereocenters. The number of hydrogen-bond donors (Lipinski definition) is 1. The van der Waals surface area contributed by atoms with Gasteiger partial charge in [0.1, 0.15) is 5.75 Å². The lowest BCUT2D eigenvalue weighted by atomic mass is 9.86. The fraction of sp³-hybridized carbons (Fsp3) is 0.357. The third-order valence-electron chi connectivity index (χ3n) is 3.03. The molecule has 0 aliphatic rings. The number of rotatable bonds is 0. The van der Waals surface area contributed by atoms with E-state index >= 15 is 0 Å². The average molecular weight is 231 g/mol. The molecule has 3 nitrogen and oxygen atoms in total. The lowest BCUT2D eigenvalue weighted by Gasteiger charge is -2.21. The molecule has 0 saturated carbocycles. The molecule has 2 aromatic rings. The van der Waals surface area contributed by atoms with E-state index in [2.05, 4.69) is 0 Å². The summed E-state index contributed by atoms with van der Waals surface area (Å²) in [5.41, 5.74) is 0.721. The van der Waals surface area contributed by atoms with E-state index in [1.807, 2.05) is 45.0 Å². The molecule has 0 fully saturated rings. The van der Waals surface area contributed by atoms with Crippen molar-refractivity contribution in [3.05, 3.63) is 40.2 Å². The number of aromatic hydroxyl groups is 1. The van der Waals surface area contributed by atoms with Gasteiger partial charge in [-0.1, -0.05) is 32.9 Å². The number of aryl methyl sites for hydroxylation is 1. The Morgan fingerprint density at radius 1 is 1.18 bits per heavy atom. The van der Waals surface area contributed by atoms with Crippen LogP contribution < -0.4 is 5.56 Å². The first-order chi connectivity index (χ1) is 7.84. The average Bonchev–Trinajstić information content (AvgIpc) is 2.24. The standard InChI is InChI=1S/C14H17NO2/c1-14(2,3)11-12(16)9-7-5-6-8-10(9)15(4)13(11)17/h5-8,16H,1-4H3. The van der Waals surface area contributed by atoms with Crippen LogP contribution in [-0.4, -0.2) is 9.67 Å². The van der Waals surface area contributed by atoms with Crippen molar-refractivity contribution in [1.29, 1.82) is 0 Å². The number of hydrogen-bond acceptors (Lipinski definition) is 2. The summed E-state index contributed by atoms with van der Waals surface area (Å²) < 4.78 is 1.59. The van der Waals surface area contributed by atoms with E-state index in [0.717, 1.165) is 10.9 Å². The van der Waals surface area contributed by atoms with Crippen molar-refractivity contribution in [3.63, 3.8) is 0 Å². The summed E-state index contributed by atoms with van der Waals surface area (Å²) in [4.78, 5) is 12.3. The molecule has 1 heterocycles. The van der Waals surface area contributed by atoms with Crippen molar-refractivity contribution in [1.82, 2.24) is 4.57 Å². The maximum absolute atomic E-state index is 12.3. The fourth-order valence-corrected chi connectivity index (χ4v) is 2.16. The SMILES string of the molecule is Cn1c(=O)c(C(C)(C)C)c(O)c2ccccc21. The van der Waals surface area contributed by atoms with Crippen LogP contribution in [0.25, 0.3) is 10.9 Å². The van der Waals surface area contributed by atoms with Gasteiger partial charge >= 0.3 is 0 Å². The Morgan fingerprint density at radius 3 is 2.35 bits per heavy atom. The van der Waals surface area contributed by atoms with Crippen molar-refractivity contribution in [2.24, 2.45) is 7.05 Å². The summed E-state index contributed by atoms with van der Waals surface area (Å²) in [6.45, 7) is 5.79. The Labute approximate surface area is 100 Å². The second-order valence-corrected chi connectivity index (χ2v) is 5.35. The van der Waals surface area contributed by atoms with E-state index in [9.17, 15) is 9.90 Å². The van der Waals surface area contributed by atoms with E-state index in [1.54, 1.807) is 11.6 Å². The van der Waals surface area contributed by atoms with Gasteiger partial charge in [-0.05, 0) is 17.5 Å². The Balaban J connectivity index is 3.03. The highest BCUT2D eigenvalue weighted by Crippen LogP contribution is 2.33. The van der Waals surface area contributed by atoms with Gasteiger partial charge in [0.05, 0.1) is 11.1 Å². The molecule has 2 rings (SSSR count). The molecule has 0 aliphatic carbocycles. The molecular weight excluding hydrogens is 214 g/mol. The van der Waals surface area contributed by atoms with E-state index in [4.69, 9.17) is 0 Å². The van der Waals surface area contributed by atoms with Gasteiger partial charge < -0.3 is 9.67 Å². The summed E-state index contributed by atoms with van der Waals surface area (Å²) in [6.07, 6.45) is 0. The summed E-state index contributed by atoms with van der Waals surface area (Å²) in [5.74, 6) is 0.108. The second kappa shape index (κ2) is 3.62. The third kappa shape index (κ3) is 1.71. The molecule has 3 heteroatoms. The van der Waals surface area contributed by atoms with Crippen molar-refractivity contribution < 1.29 is 5.11 Å². The van der Waals surface area contributed by atoms with Gasteiger partial charge in [-0.2, -0.15) is 0 Å². The lowest BCUT2D eigenvalue weighted by molar-refractivity contribution is 0.447. The minimum atomic E-state index is -0.372. The first-order valence-corrected chi connectivity index (χ1v) is 5.65. The summed E-state index contributed by atoms with van der Waals surface area (Å²) in [6, 6.07) is 7.39. The quantitative estimate of drug-likeness (QED) is 0.757. The highest BCUT2D eigenvalue weighted by atomic mass is 16.3. The number of benzene rings is 1. The van der Waals surface area contributed by atoms with Crippen LogP contribution in [0.4, 0.5) is 0 Å². The molecule has 0 saturated heterocycles. The largest absolute Gasteiger partial charge is 0.507 e. The van der Waals surface area contributed by atoms with Gasteiger partial charge in [0, 0.05) is 12.4 Å². The minimum Gasteiger partial charge on any atom is -0.507 e. The molecule has 1 N–H and O–H groups in total. The van der Waals surface area contributed by atoms with Gasteiger partial charge in [0.25, 0.3) is 5.56 Å².